The third-order valence-electron chi connectivity index (χ3n) is 1.29. The summed E-state index contributed by atoms with van der Waals surface area (Å²) in [6.45, 7) is 0. The zero-order valence-corrected chi connectivity index (χ0v) is 5.69. The van der Waals surface area contributed by atoms with E-state index in [1.165, 1.54) is 0 Å². The topological polar surface area (TPSA) is 20.2 Å². The van der Waals surface area contributed by atoms with Crippen molar-refractivity contribution in [2.45, 2.75) is 6.18 Å². The van der Waals surface area contributed by atoms with Gasteiger partial charge in [0.2, 0.25) is 0 Å². The van der Waals surface area contributed by atoms with Gasteiger partial charge < -0.3 is 5.11 Å². The van der Waals surface area contributed by atoms with E-state index in [4.69, 9.17) is 5.11 Å². The molecule has 0 aliphatic carbocycles. The molecule has 0 aliphatic rings. The van der Waals surface area contributed by atoms with Crippen LogP contribution in [0.4, 0.5) is 17.6 Å². The predicted molar refractivity (Wildman–Crippen MR) is 33.1 cm³/mol. The van der Waals surface area contributed by atoms with E-state index in [-0.39, 0.29) is 0 Å². The number of para-hydroxylation sites is 1. The molecule has 1 nitrogen and oxygen atoms in total. The second-order valence-electron chi connectivity index (χ2n) is 2.13. The quantitative estimate of drug-likeness (QED) is 0.608. The Bertz CT molecular complexity index is 292. The van der Waals surface area contributed by atoms with E-state index in [0.29, 0.717) is 6.07 Å². The zero-order chi connectivity index (χ0) is 9.35. The number of benzene rings is 1. The fourth-order valence-corrected chi connectivity index (χ4v) is 0.744. The van der Waals surface area contributed by atoms with Gasteiger partial charge in [0.25, 0.3) is 0 Å². The Morgan fingerprint density at radius 3 is 2.17 bits per heavy atom. The molecule has 0 aromatic heterocycles. The van der Waals surface area contributed by atoms with E-state index in [9.17, 15) is 17.6 Å². The summed E-state index contributed by atoms with van der Waals surface area (Å²) in [5.74, 6) is -2.63. The Morgan fingerprint density at radius 2 is 1.75 bits per heavy atom. The van der Waals surface area contributed by atoms with Crippen LogP contribution in [-0.2, 0) is 6.18 Å². The fraction of sp³-hybridized carbons (Fsp3) is 0.143. The lowest BCUT2D eigenvalue weighted by Gasteiger charge is -2.08. The van der Waals surface area contributed by atoms with Crippen molar-refractivity contribution in [2.75, 3.05) is 0 Å². The van der Waals surface area contributed by atoms with E-state index in [2.05, 4.69) is 0 Å². The lowest BCUT2D eigenvalue weighted by molar-refractivity contribution is -0.139. The van der Waals surface area contributed by atoms with Crippen molar-refractivity contribution >= 4 is 0 Å². The summed E-state index contributed by atoms with van der Waals surface area (Å²) in [7, 11) is 0. The molecule has 0 saturated carbocycles. The average Bonchev–Trinajstić information content (AvgIpc) is 1.92. The molecule has 0 fully saturated rings. The van der Waals surface area contributed by atoms with E-state index < -0.39 is 23.3 Å². The Morgan fingerprint density at radius 1 is 1.17 bits per heavy atom. The second-order valence-corrected chi connectivity index (χ2v) is 2.13. The number of hydrogen-bond acceptors (Lipinski definition) is 1. The number of hydrogen-bond donors (Lipinski definition) is 1. The van der Waals surface area contributed by atoms with Gasteiger partial charge in [-0.15, -0.1) is 0 Å². The number of alkyl halides is 3. The molecule has 1 aromatic carbocycles. The molecular formula is C7H4F4O. The maximum atomic E-state index is 12.4. The molecular weight excluding hydrogens is 176 g/mol. The molecule has 5 heteroatoms. The minimum atomic E-state index is -4.72. The van der Waals surface area contributed by atoms with Gasteiger partial charge in [-0.05, 0) is 12.1 Å². The molecule has 1 N–H and O–H groups in total. The van der Waals surface area contributed by atoms with E-state index in [1.54, 1.807) is 0 Å². The normalized spacial score (nSPS) is 11.7. The van der Waals surface area contributed by atoms with Crippen molar-refractivity contribution in [3.8, 4) is 5.75 Å². The predicted octanol–water partition coefficient (Wildman–Crippen LogP) is 2.55. The number of phenolic OH excluding ortho intramolecular Hbond substituents is 1. The maximum Gasteiger partial charge on any atom is 0.420 e. The first-order chi connectivity index (χ1) is 5.43. The van der Waals surface area contributed by atoms with Gasteiger partial charge in [-0.1, -0.05) is 6.07 Å². The molecule has 0 atom stereocenters. The molecule has 0 radical (unpaired) electrons. The first kappa shape index (κ1) is 8.83. The largest absolute Gasteiger partial charge is 0.504 e. The van der Waals surface area contributed by atoms with Crippen LogP contribution >= 0.6 is 0 Å². The van der Waals surface area contributed by atoms with Crippen LogP contribution < -0.4 is 0 Å². The minimum Gasteiger partial charge on any atom is -0.504 e. The third kappa shape index (κ3) is 1.49. The molecule has 0 bridgehead atoms. The van der Waals surface area contributed by atoms with Crippen LogP contribution in [0.15, 0.2) is 18.2 Å². The fourth-order valence-electron chi connectivity index (χ4n) is 0.744. The van der Waals surface area contributed by atoms with Crippen molar-refractivity contribution in [1.82, 2.24) is 0 Å². The summed E-state index contributed by atoms with van der Waals surface area (Å²) in [5, 5.41) is 8.64. The van der Waals surface area contributed by atoms with Crippen LogP contribution in [0.2, 0.25) is 0 Å². The Kier molecular flexibility index (Phi) is 1.95. The summed E-state index contributed by atoms with van der Waals surface area (Å²) in [6.07, 6.45) is -4.72. The molecule has 66 valence electrons. The molecule has 12 heavy (non-hydrogen) atoms. The SMILES string of the molecule is Oc1c(F)cccc1C(F)(F)F. The third-order valence-corrected chi connectivity index (χ3v) is 1.29. The summed E-state index contributed by atoms with van der Waals surface area (Å²) < 4.78 is 48.1. The van der Waals surface area contributed by atoms with E-state index in [1.807, 2.05) is 0 Å². The number of aromatic hydroxyl groups is 1. The molecule has 0 spiro atoms. The highest BCUT2D eigenvalue weighted by Gasteiger charge is 2.34. The van der Waals surface area contributed by atoms with Crippen molar-refractivity contribution in [2.24, 2.45) is 0 Å². The Hall–Kier alpha value is -1.26. The van der Waals surface area contributed by atoms with Gasteiger partial charge in [-0.25, -0.2) is 4.39 Å². The van der Waals surface area contributed by atoms with E-state index in [0.717, 1.165) is 12.1 Å². The highest BCUT2D eigenvalue weighted by molar-refractivity contribution is 5.35. The van der Waals surface area contributed by atoms with Gasteiger partial charge in [0, 0.05) is 0 Å². The lowest BCUT2D eigenvalue weighted by atomic mass is 10.2. The van der Waals surface area contributed by atoms with Gasteiger partial charge in [0.05, 0.1) is 0 Å². The summed E-state index contributed by atoms with van der Waals surface area (Å²) in [4.78, 5) is 0. The molecule has 0 amide bonds. The van der Waals surface area contributed by atoms with Crippen LogP contribution in [0.3, 0.4) is 0 Å². The summed E-state index contributed by atoms with van der Waals surface area (Å²) >= 11 is 0. The molecule has 1 rings (SSSR count). The molecule has 0 unspecified atom stereocenters. The van der Waals surface area contributed by atoms with Gasteiger partial charge in [-0.3, -0.25) is 0 Å². The average molecular weight is 180 g/mol. The number of rotatable bonds is 0. The summed E-state index contributed by atoms with van der Waals surface area (Å²) in [6, 6.07) is 2.25. The van der Waals surface area contributed by atoms with Gasteiger partial charge in [0.1, 0.15) is 5.56 Å². The molecule has 0 aliphatic heterocycles. The highest BCUT2D eigenvalue weighted by Crippen LogP contribution is 2.36. The Balaban J connectivity index is 3.26. The Labute approximate surface area is 65.3 Å². The second kappa shape index (κ2) is 2.66. The molecule has 0 heterocycles. The van der Waals surface area contributed by atoms with Crippen LogP contribution in [0.1, 0.15) is 5.56 Å². The zero-order valence-electron chi connectivity index (χ0n) is 5.69. The smallest absolute Gasteiger partial charge is 0.420 e. The summed E-state index contributed by atoms with van der Waals surface area (Å²) in [5.41, 5.74) is -1.36. The first-order valence-electron chi connectivity index (χ1n) is 2.97. The highest BCUT2D eigenvalue weighted by atomic mass is 19.4. The van der Waals surface area contributed by atoms with Crippen molar-refractivity contribution in [3.05, 3.63) is 29.6 Å². The standard InChI is InChI=1S/C7H4F4O/c8-5-3-1-2-4(6(5)12)7(9,10)11/h1-3,12H. The number of phenols is 1. The van der Waals surface area contributed by atoms with Crippen molar-refractivity contribution < 1.29 is 22.7 Å². The van der Waals surface area contributed by atoms with Crippen molar-refractivity contribution in [1.29, 1.82) is 0 Å². The lowest BCUT2D eigenvalue weighted by Crippen LogP contribution is -2.05. The monoisotopic (exact) mass is 180 g/mol. The number of halogens is 4. The first-order valence-corrected chi connectivity index (χ1v) is 2.97. The van der Waals surface area contributed by atoms with Gasteiger partial charge in [-0.2, -0.15) is 13.2 Å². The van der Waals surface area contributed by atoms with Gasteiger partial charge >= 0.3 is 6.18 Å². The maximum absolute atomic E-state index is 12.4. The minimum absolute atomic E-state index is 0.610. The van der Waals surface area contributed by atoms with Crippen LogP contribution in [0, 0.1) is 5.82 Å². The van der Waals surface area contributed by atoms with Crippen molar-refractivity contribution in [3.63, 3.8) is 0 Å². The van der Waals surface area contributed by atoms with E-state index >= 15 is 0 Å². The molecule has 1 aromatic rings. The van der Waals surface area contributed by atoms with Gasteiger partial charge in [0.15, 0.2) is 11.6 Å². The van der Waals surface area contributed by atoms with Crippen LogP contribution in [-0.4, -0.2) is 5.11 Å². The van der Waals surface area contributed by atoms with Crippen LogP contribution in [0.5, 0.6) is 5.75 Å². The molecule has 0 saturated heterocycles. The van der Waals surface area contributed by atoms with Crippen LogP contribution in [0.25, 0.3) is 0 Å².